The lowest BCUT2D eigenvalue weighted by molar-refractivity contribution is -0.139. The van der Waals surface area contributed by atoms with Crippen molar-refractivity contribution in [2.75, 3.05) is 12.4 Å². The van der Waals surface area contributed by atoms with E-state index in [0.717, 1.165) is 16.9 Å². The fourth-order valence-corrected chi connectivity index (χ4v) is 1.67. The Morgan fingerprint density at radius 2 is 1.95 bits per heavy atom. The van der Waals surface area contributed by atoms with Crippen LogP contribution in [0.5, 0.6) is 0 Å². The number of ether oxygens (including phenoxy) is 1. The first-order chi connectivity index (χ1) is 9.28. The highest BCUT2D eigenvalue weighted by Crippen LogP contribution is 2.08. The third kappa shape index (κ3) is 4.10. The van der Waals surface area contributed by atoms with Gasteiger partial charge in [0.15, 0.2) is 0 Å². The highest BCUT2D eigenvalue weighted by Gasteiger charge is 2.02. The van der Waals surface area contributed by atoms with Gasteiger partial charge >= 0.3 is 5.97 Å². The number of nitrogens with zero attached hydrogens (tertiary/aromatic N) is 1. The van der Waals surface area contributed by atoms with Crippen LogP contribution < -0.4 is 5.32 Å². The van der Waals surface area contributed by atoms with Crippen molar-refractivity contribution in [3.05, 3.63) is 59.8 Å². The zero-order valence-corrected chi connectivity index (χ0v) is 10.8. The summed E-state index contributed by atoms with van der Waals surface area (Å²) in [6, 6.07) is 13.6. The number of carbonyl (C=O) groups excluding carboxylic acids is 1. The summed E-state index contributed by atoms with van der Waals surface area (Å²) in [5.74, 6) is 0.625. The number of benzene rings is 1. The van der Waals surface area contributed by atoms with E-state index in [0.29, 0.717) is 13.0 Å². The molecule has 19 heavy (non-hydrogen) atoms. The van der Waals surface area contributed by atoms with E-state index in [-0.39, 0.29) is 7.40 Å². The molecule has 0 aliphatic carbocycles. The van der Waals surface area contributed by atoms with Gasteiger partial charge in [-0.25, -0.2) is 4.98 Å². The summed E-state index contributed by atoms with van der Waals surface area (Å²) in [6.45, 7) is 0.704. The lowest BCUT2D eigenvalue weighted by Crippen LogP contribution is -2.05. The number of methoxy groups -OCH3 is 1. The predicted molar refractivity (Wildman–Crippen MR) is 75.8 cm³/mol. The SMILES string of the molecule is COC(=O)Cc1ccc(CNc2ccccn2)cc1.[HH]. The van der Waals surface area contributed by atoms with E-state index in [9.17, 15) is 4.79 Å². The van der Waals surface area contributed by atoms with Gasteiger partial charge in [-0.1, -0.05) is 30.3 Å². The Balaban J connectivity index is 0.00000200. The molecule has 0 atom stereocenters. The Morgan fingerprint density at radius 1 is 1.21 bits per heavy atom. The van der Waals surface area contributed by atoms with E-state index >= 15 is 0 Å². The van der Waals surface area contributed by atoms with Gasteiger partial charge in [0.25, 0.3) is 0 Å². The molecule has 2 aromatic rings. The fourth-order valence-electron chi connectivity index (χ4n) is 1.67. The van der Waals surface area contributed by atoms with E-state index < -0.39 is 0 Å². The Bertz CT molecular complexity index is 529. The van der Waals surface area contributed by atoms with E-state index in [1.165, 1.54) is 7.11 Å². The number of nitrogens with one attached hydrogen (secondary N) is 1. The second-order valence-electron chi connectivity index (χ2n) is 4.14. The standard InChI is InChI=1S/C15H16N2O2.H2/c1-19-15(18)10-12-5-7-13(8-6-12)11-17-14-4-2-3-9-16-14;/h2-9H,10-11H2,1H3,(H,16,17);1H. The summed E-state index contributed by atoms with van der Waals surface area (Å²) in [6.07, 6.45) is 2.06. The first kappa shape index (κ1) is 13.1. The predicted octanol–water partition coefficient (Wildman–Crippen LogP) is 2.66. The van der Waals surface area contributed by atoms with Crippen molar-refractivity contribution in [2.45, 2.75) is 13.0 Å². The monoisotopic (exact) mass is 258 g/mol. The van der Waals surface area contributed by atoms with Crippen molar-refractivity contribution in [3.63, 3.8) is 0 Å². The number of rotatable bonds is 5. The molecular weight excluding hydrogens is 240 g/mol. The third-order valence-corrected chi connectivity index (χ3v) is 2.74. The molecule has 1 aromatic carbocycles. The summed E-state index contributed by atoms with van der Waals surface area (Å²) < 4.78 is 4.63. The molecular formula is C15H18N2O2. The minimum atomic E-state index is -0.223. The molecule has 0 bridgehead atoms. The van der Waals surface area contributed by atoms with Crippen molar-refractivity contribution >= 4 is 11.8 Å². The summed E-state index contributed by atoms with van der Waals surface area (Å²) in [7, 11) is 1.40. The molecule has 4 heteroatoms. The molecule has 0 amide bonds. The van der Waals surface area contributed by atoms with E-state index in [1.807, 2.05) is 42.5 Å². The molecule has 0 saturated heterocycles. The zero-order chi connectivity index (χ0) is 13.5. The van der Waals surface area contributed by atoms with Gasteiger partial charge in [-0.3, -0.25) is 4.79 Å². The van der Waals surface area contributed by atoms with Gasteiger partial charge < -0.3 is 10.1 Å². The van der Waals surface area contributed by atoms with Crippen molar-refractivity contribution < 1.29 is 11.0 Å². The molecule has 0 aliphatic rings. The number of anilines is 1. The van der Waals surface area contributed by atoms with Crippen LogP contribution in [-0.2, 0) is 22.5 Å². The minimum Gasteiger partial charge on any atom is -0.469 e. The third-order valence-electron chi connectivity index (χ3n) is 2.74. The van der Waals surface area contributed by atoms with Crippen molar-refractivity contribution in [2.24, 2.45) is 0 Å². The smallest absolute Gasteiger partial charge is 0.309 e. The largest absolute Gasteiger partial charge is 0.469 e. The van der Waals surface area contributed by atoms with Crippen LogP contribution in [0.25, 0.3) is 0 Å². The summed E-state index contributed by atoms with van der Waals surface area (Å²) >= 11 is 0. The summed E-state index contributed by atoms with van der Waals surface area (Å²) in [4.78, 5) is 15.3. The lowest BCUT2D eigenvalue weighted by atomic mass is 10.1. The van der Waals surface area contributed by atoms with E-state index in [1.54, 1.807) is 6.20 Å². The first-order valence-corrected chi connectivity index (χ1v) is 6.07. The molecule has 0 saturated carbocycles. The average molecular weight is 258 g/mol. The van der Waals surface area contributed by atoms with Crippen molar-refractivity contribution in [1.82, 2.24) is 4.98 Å². The molecule has 1 N–H and O–H groups in total. The van der Waals surface area contributed by atoms with Gasteiger partial charge in [0.2, 0.25) is 0 Å². The Labute approximate surface area is 113 Å². The lowest BCUT2D eigenvalue weighted by Gasteiger charge is -2.06. The quantitative estimate of drug-likeness (QED) is 0.838. The second-order valence-corrected chi connectivity index (χ2v) is 4.14. The molecule has 4 nitrogen and oxygen atoms in total. The molecule has 1 heterocycles. The maximum absolute atomic E-state index is 11.1. The molecule has 0 fully saturated rings. The van der Waals surface area contributed by atoms with Gasteiger partial charge in [0, 0.05) is 14.2 Å². The maximum atomic E-state index is 11.1. The number of aromatic nitrogens is 1. The van der Waals surface area contributed by atoms with E-state index in [2.05, 4.69) is 15.0 Å². The molecule has 0 aliphatic heterocycles. The Morgan fingerprint density at radius 3 is 2.58 bits per heavy atom. The molecule has 2 rings (SSSR count). The number of hydrogen-bond donors (Lipinski definition) is 1. The van der Waals surface area contributed by atoms with Gasteiger partial charge in [0.05, 0.1) is 13.5 Å². The van der Waals surface area contributed by atoms with Crippen LogP contribution in [-0.4, -0.2) is 18.1 Å². The highest BCUT2D eigenvalue weighted by atomic mass is 16.5. The molecule has 0 unspecified atom stereocenters. The number of pyridine rings is 1. The van der Waals surface area contributed by atoms with E-state index in [4.69, 9.17) is 0 Å². The van der Waals surface area contributed by atoms with Crippen LogP contribution in [0, 0.1) is 0 Å². The Kier molecular flexibility index (Phi) is 4.50. The fraction of sp³-hybridized carbons (Fsp3) is 0.200. The van der Waals surface area contributed by atoms with Crippen LogP contribution >= 0.6 is 0 Å². The van der Waals surface area contributed by atoms with Crippen LogP contribution in [0.4, 0.5) is 5.82 Å². The van der Waals surface area contributed by atoms with Crippen LogP contribution in [0.15, 0.2) is 48.7 Å². The van der Waals surface area contributed by atoms with Crippen molar-refractivity contribution in [3.8, 4) is 0 Å². The topological polar surface area (TPSA) is 51.2 Å². The Hall–Kier alpha value is -2.36. The van der Waals surface area contributed by atoms with Gasteiger partial charge in [0.1, 0.15) is 5.82 Å². The number of esters is 1. The second kappa shape index (κ2) is 6.54. The summed E-state index contributed by atoms with van der Waals surface area (Å²) in [5, 5.41) is 3.23. The first-order valence-electron chi connectivity index (χ1n) is 6.07. The molecule has 100 valence electrons. The van der Waals surface area contributed by atoms with Crippen LogP contribution in [0.3, 0.4) is 0 Å². The highest BCUT2D eigenvalue weighted by molar-refractivity contribution is 5.72. The minimum absolute atomic E-state index is 0. The molecule has 0 radical (unpaired) electrons. The van der Waals surface area contributed by atoms with Gasteiger partial charge in [-0.05, 0) is 23.3 Å². The molecule has 0 spiro atoms. The van der Waals surface area contributed by atoms with Crippen molar-refractivity contribution in [1.29, 1.82) is 0 Å². The van der Waals surface area contributed by atoms with Gasteiger partial charge in [-0.15, -0.1) is 0 Å². The maximum Gasteiger partial charge on any atom is 0.309 e. The van der Waals surface area contributed by atoms with Crippen LogP contribution in [0.1, 0.15) is 12.6 Å². The normalized spacial score (nSPS) is 9.95. The number of hydrogen-bond acceptors (Lipinski definition) is 4. The summed E-state index contributed by atoms with van der Waals surface area (Å²) in [5.41, 5.74) is 2.09. The number of carbonyl (C=O) groups is 1. The van der Waals surface area contributed by atoms with Crippen LogP contribution in [0.2, 0.25) is 0 Å². The zero-order valence-electron chi connectivity index (χ0n) is 10.8. The molecule has 1 aromatic heterocycles. The van der Waals surface area contributed by atoms with Gasteiger partial charge in [-0.2, -0.15) is 0 Å². The average Bonchev–Trinajstić information content (AvgIpc) is 2.47.